The van der Waals surface area contributed by atoms with Gasteiger partial charge in [-0.3, -0.25) is 4.79 Å². The highest BCUT2D eigenvalue weighted by Gasteiger charge is 2.11. The predicted octanol–water partition coefficient (Wildman–Crippen LogP) is 3.83. The van der Waals surface area contributed by atoms with Crippen LogP contribution in [0.5, 0.6) is 0 Å². The van der Waals surface area contributed by atoms with E-state index in [0.717, 1.165) is 17.8 Å². The summed E-state index contributed by atoms with van der Waals surface area (Å²) in [6, 6.07) is 10.4. The van der Waals surface area contributed by atoms with Gasteiger partial charge in [0.15, 0.2) is 17.4 Å². The Bertz CT molecular complexity index is 893. The van der Waals surface area contributed by atoms with Crippen LogP contribution in [0.15, 0.2) is 47.0 Å². The smallest absolute Gasteiger partial charge is 0.246 e. The van der Waals surface area contributed by atoms with Gasteiger partial charge in [0.1, 0.15) is 0 Å². The Kier molecular flexibility index (Phi) is 4.33. The molecule has 0 radical (unpaired) electrons. The standard InChI is InChI=1S/C17H13F2N3O2/c1-10(23)11-3-2-4-13(7-11)20-9-16-21-17(22-24-16)12-5-6-14(18)15(19)8-12/h2-8,20H,9H2,1H3. The van der Waals surface area contributed by atoms with Gasteiger partial charge in [0.25, 0.3) is 0 Å². The van der Waals surface area contributed by atoms with Crippen molar-refractivity contribution >= 4 is 11.5 Å². The zero-order valence-electron chi connectivity index (χ0n) is 12.7. The third-order valence-electron chi connectivity index (χ3n) is 3.36. The maximum absolute atomic E-state index is 13.2. The SMILES string of the molecule is CC(=O)c1cccc(NCc2nc(-c3ccc(F)c(F)c3)no2)c1. The molecule has 0 spiro atoms. The van der Waals surface area contributed by atoms with E-state index in [0.29, 0.717) is 11.1 Å². The Morgan fingerprint density at radius 1 is 1.17 bits per heavy atom. The van der Waals surface area contributed by atoms with Crippen LogP contribution in [0.3, 0.4) is 0 Å². The van der Waals surface area contributed by atoms with Crippen molar-refractivity contribution in [1.82, 2.24) is 10.1 Å². The third kappa shape index (κ3) is 3.45. The topological polar surface area (TPSA) is 68.0 Å². The van der Waals surface area contributed by atoms with E-state index >= 15 is 0 Å². The molecule has 0 aliphatic heterocycles. The lowest BCUT2D eigenvalue weighted by Crippen LogP contribution is -2.01. The molecule has 3 rings (SSSR count). The molecule has 0 unspecified atom stereocenters. The van der Waals surface area contributed by atoms with Gasteiger partial charge in [-0.25, -0.2) is 8.78 Å². The number of aromatic nitrogens is 2. The second-order valence-corrected chi connectivity index (χ2v) is 5.13. The van der Waals surface area contributed by atoms with Crippen LogP contribution in [0.4, 0.5) is 14.5 Å². The Morgan fingerprint density at radius 3 is 2.75 bits per heavy atom. The lowest BCUT2D eigenvalue weighted by atomic mass is 10.1. The first-order chi connectivity index (χ1) is 11.5. The second kappa shape index (κ2) is 6.57. The number of Topliss-reactive ketones (excluding diaryl/α,β-unsaturated/α-hetero) is 1. The molecule has 1 aromatic heterocycles. The molecule has 0 aliphatic carbocycles. The molecule has 0 atom stereocenters. The molecule has 1 heterocycles. The Balaban J connectivity index is 1.71. The van der Waals surface area contributed by atoms with E-state index in [-0.39, 0.29) is 24.0 Å². The average molecular weight is 329 g/mol. The van der Waals surface area contributed by atoms with Gasteiger partial charge in [0, 0.05) is 16.8 Å². The van der Waals surface area contributed by atoms with Crippen LogP contribution in [-0.4, -0.2) is 15.9 Å². The molecule has 0 amide bonds. The molecule has 2 aromatic carbocycles. The summed E-state index contributed by atoms with van der Waals surface area (Å²) in [6.07, 6.45) is 0. The number of hydrogen-bond donors (Lipinski definition) is 1. The number of carbonyl (C=O) groups excluding carboxylic acids is 1. The molecule has 0 bridgehead atoms. The largest absolute Gasteiger partial charge is 0.376 e. The first-order valence-corrected chi connectivity index (χ1v) is 7.16. The predicted molar refractivity (Wildman–Crippen MR) is 83.4 cm³/mol. The Hall–Kier alpha value is -3.09. The van der Waals surface area contributed by atoms with E-state index in [4.69, 9.17) is 4.52 Å². The number of hydrogen-bond acceptors (Lipinski definition) is 5. The highest BCUT2D eigenvalue weighted by atomic mass is 19.2. The third-order valence-corrected chi connectivity index (χ3v) is 3.36. The van der Waals surface area contributed by atoms with Crippen LogP contribution >= 0.6 is 0 Å². The van der Waals surface area contributed by atoms with Crippen LogP contribution in [0.25, 0.3) is 11.4 Å². The van der Waals surface area contributed by atoms with Crippen molar-refractivity contribution in [3.05, 3.63) is 65.6 Å². The zero-order chi connectivity index (χ0) is 17.1. The fourth-order valence-corrected chi connectivity index (χ4v) is 2.10. The van der Waals surface area contributed by atoms with Gasteiger partial charge in [-0.2, -0.15) is 4.98 Å². The van der Waals surface area contributed by atoms with Crippen LogP contribution in [0.2, 0.25) is 0 Å². The van der Waals surface area contributed by atoms with E-state index in [1.165, 1.54) is 13.0 Å². The van der Waals surface area contributed by atoms with Crippen LogP contribution in [-0.2, 0) is 6.54 Å². The summed E-state index contributed by atoms with van der Waals surface area (Å²) >= 11 is 0. The average Bonchev–Trinajstić information content (AvgIpc) is 3.05. The Labute approximate surface area is 136 Å². The molecule has 5 nitrogen and oxygen atoms in total. The highest BCUT2D eigenvalue weighted by Crippen LogP contribution is 2.19. The minimum absolute atomic E-state index is 0.0305. The van der Waals surface area contributed by atoms with Crippen molar-refractivity contribution in [2.75, 3.05) is 5.32 Å². The van der Waals surface area contributed by atoms with Crippen LogP contribution in [0, 0.1) is 11.6 Å². The molecule has 0 saturated heterocycles. The maximum atomic E-state index is 13.2. The van der Waals surface area contributed by atoms with Crippen LogP contribution < -0.4 is 5.32 Å². The molecule has 122 valence electrons. The molecule has 1 N–H and O–H groups in total. The van der Waals surface area contributed by atoms with Crippen molar-refractivity contribution in [3.8, 4) is 11.4 Å². The van der Waals surface area contributed by atoms with E-state index in [9.17, 15) is 13.6 Å². The minimum atomic E-state index is -0.974. The summed E-state index contributed by atoms with van der Waals surface area (Å²) < 4.78 is 31.3. The van der Waals surface area contributed by atoms with Gasteiger partial charge in [-0.05, 0) is 37.3 Å². The Morgan fingerprint density at radius 2 is 2.00 bits per heavy atom. The van der Waals surface area contributed by atoms with Crippen LogP contribution in [0.1, 0.15) is 23.2 Å². The summed E-state index contributed by atoms with van der Waals surface area (Å²) in [5.74, 6) is -1.49. The van der Waals surface area contributed by atoms with Crippen molar-refractivity contribution in [1.29, 1.82) is 0 Å². The summed E-state index contributed by atoms with van der Waals surface area (Å²) in [7, 11) is 0. The number of nitrogens with one attached hydrogen (secondary N) is 1. The minimum Gasteiger partial charge on any atom is -0.376 e. The quantitative estimate of drug-likeness (QED) is 0.721. The number of anilines is 1. The molecule has 3 aromatic rings. The first kappa shape index (κ1) is 15.8. The second-order valence-electron chi connectivity index (χ2n) is 5.13. The fourth-order valence-electron chi connectivity index (χ4n) is 2.10. The van der Waals surface area contributed by atoms with Crippen molar-refractivity contribution in [2.45, 2.75) is 13.5 Å². The van der Waals surface area contributed by atoms with Crippen molar-refractivity contribution in [3.63, 3.8) is 0 Å². The van der Waals surface area contributed by atoms with Gasteiger partial charge in [0.05, 0.1) is 6.54 Å². The number of benzene rings is 2. The molecule has 0 aliphatic rings. The summed E-state index contributed by atoms with van der Waals surface area (Å²) in [5.41, 5.74) is 1.64. The molecular weight excluding hydrogens is 316 g/mol. The van der Waals surface area contributed by atoms with E-state index in [1.54, 1.807) is 24.3 Å². The molecule has 24 heavy (non-hydrogen) atoms. The van der Waals surface area contributed by atoms with Gasteiger partial charge < -0.3 is 9.84 Å². The number of nitrogens with zero attached hydrogens (tertiary/aromatic N) is 2. The van der Waals surface area contributed by atoms with E-state index in [2.05, 4.69) is 15.5 Å². The van der Waals surface area contributed by atoms with E-state index in [1.807, 2.05) is 0 Å². The molecule has 7 heteroatoms. The fraction of sp³-hybridized carbons (Fsp3) is 0.118. The normalized spacial score (nSPS) is 10.6. The van der Waals surface area contributed by atoms with Gasteiger partial charge in [-0.1, -0.05) is 17.3 Å². The zero-order valence-corrected chi connectivity index (χ0v) is 12.7. The first-order valence-electron chi connectivity index (χ1n) is 7.16. The van der Waals surface area contributed by atoms with Gasteiger partial charge >= 0.3 is 0 Å². The monoisotopic (exact) mass is 329 g/mol. The highest BCUT2D eigenvalue weighted by molar-refractivity contribution is 5.94. The van der Waals surface area contributed by atoms with E-state index < -0.39 is 11.6 Å². The molecule has 0 fully saturated rings. The molecular formula is C17H13F2N3O2. The number of ketones is 1. The number of halogens is 2. The lowest BCUT2D eigenvalue weighted by Gasteiger charge is -2.04. The number of rotatable bonds is 5. The summed E-state index contributed by atoms with van der Waals surface area (Å²) in [4.78, 5) is 15.5. The summed E-state index contributed by atoms with van der Waals surface area (Å²) in [6.45, 7) is 1.73. The molecule has 0 saturated carbocycles. The number of carbonyl (C=O) groups is 1. The van der Waals surface area contributed by atoms with Gasteiger partial charge in [-0.15, -0.1) is 0 Å². The maximum Gasteiger partial charge on any atom is 0.246 e. The summed E-state index contributed by atoms with van der Waals surface area (Å²) in [5, 5.41) is 6.80. The van der Waals surface area contributed by atoms with Crippen molar-refractivity contribution < 1.29 is 18.1 Å². The van der Waals surface area contributed by atoms with Crippen molar-refractivity contribution in [2.24, 2.45) is 0 Å². The van der Waals surface area contributed by atoms with Gasteiger partial charge in [0.2, 0.25) is 11.7 Å². The lowest BCUT2D eigenvalue weighted by molar-refractivity contribution is 0.101.